The summed E-state index contributed by atoms with van der Waals surface area (Å²) in [6.45, 7) is 0. The molecule has 1 aromatic heterocycles. The number of aromatic nitrogens is 3. The standard InChI is InChI=1S/C11H9ClFN3/c12-7-3-4-8(9(13)5-7)11-14-10(15-16-11)6-1-2-6/h3-6H,1-2H2,(H,14,15,16). The van der Waals surface area contributed by atoms with Gasteiger partial charge in [-0.2, -0.15) is 5.10 Å². The maximum absolute atomic E-state index is 13.6. The minimum absolute atomic E-state index is 0.374. The van der Waals surface area contributed by atoms with Crippen molar-refractivity contribution in [3.8, 4) is 11.4 Å². The quantitative estimate of drug-likeness (QED) is 0.872. The van der Waals surface area contributed by atoms with Crippen molar-refractivity contribution < 1.29 is 4.39 Å². The lowest BCUT2D eigenvalue weighted by Crippen LogP contribution is -1.87. The third kappa shape index (κ3) is 1.69. The second-order valence-electron chi connectivity index (χ2n) is 3.94. The molecule has 0 radical (unpaired) electrons. The monoisotopic (exact) mass is 237 g/mol. The molecule has 1 aromatic carbocycles. The minimum atomic E-state index is -0.395. The fraction of sp³-hybridized carbons (Fsp3) is 0.273. The van der Waals surface area contributed by atoms with Crippen molar-refractivity contribution in [2.75, 3.05) is 0 Å². The average Bonchev–Trinajstić information content (AvgIpc) is 2.98. The van der Waals surface area contributed by atoms with Crippen LogP contribution in [-0.4, -0.2) is 15.2 Å². The van der Waals surface area contributed by atoms with Gasteiger partial charge in [0.15, 0.2) is 5.82 Å². The molecular formula is C11H9ClFN3. The Morgan fingerprint density at radius 2 is 2.19 bits per heavy atom. The molecule has 1 fully saturated rings. The van der Waals surface area contributed by atoms with Crippen LogP contribution in [0.2, 0.25) is 5.02 Å². The Bertz CT molecular complexity index is 534. The molecule has 1 N–H and O–H groups in total. The smallest absolute Gasteiger partial charge is 0.184 e. The van der Waals surface area contributed by atoms with Crippen LogP contribution in [0, 0.1) is 5.82 Å². The first kappa shape index (κ1) is 9.78. The Morgan fingerprint density at radius 3 is 2.88 bits per heavy atom. The topological polar surface area (TPSA) is 41.6 Å². The number of benzene rings is 1. The molecule has 1 aliphatic carbocycles. The minimum Gasteiger partial charge on any atom is -0.262 e. The zero-order chi connectivity index (χ0) is 11.1. The van der Waals surface area contributed by atoms with Gasteiger partial charge < -0.3 is 0 Å². The Kier molecular flexibility index (Phi) is 2.17. The average molecular weight is 238 g/mol. The van der Waals surface area contributed by atoms with E-state index in [2.05, 4.69) is 15.2 Å². The first-order valence-electron chi connectivity index (χ1n) is 5.12. The van der Waals surface area contributed by atoms with Gasteiger partial charge in [0, 0.05) is 10.9 Å². The highest BCUT2D eigenvalue weighted by Gasteiger charge is 2.27. The lowest BCUT2D eigenvalue weighted by atomic mass is 10.2. The highest BCUT2D eigenvalue weighted by atomic mass is 35.5. The molecule has 2 aromatic rings. The van der Waals surface area contributed by atoms with Crippen molar-refractivity contribution in [1.82, 2.24) is 15.2 Å². The Labute approximate surface area is 96.7 Å². The van der Waals surface area contributed by atoms with Crippen molar-refractivity contribution >= 4 is 11.6 Å². The third-order valence-electron chi connectivity index (χ3n) is 2.64. The molecule has 0 unspecified atom stereocenters. The molecule has 0 bridgehead atoms. The van der Waals surface area contributed by atoms with Crippen LogP contribution >= 0.6 is 11.6 Å². The number of hydrogen-bond acceptors (Lipinski definition) is 2. The van der Waals surface area contributed by atoms with E-state index in [4.69, 9.17) is 11.6 Å². The zero-order valence-corrected chi connectivity index (χ0v) is 9.13. The van der Waals surface area contributed by atoms with E-state index in [-0.39, 0.29) is 0 Å². The van der Waals surface area contributed by atoms with Crippen molar-refractivity contribution in [2.45, 2.75) is 18.8 Å². The Balaban J connectivity index is 2.00. The van der Waals surface area contributed by atoms with Gasteiger partial charge in [0.2, 0.25) is 0 Å². The molecule has 82 valence electrons. The molecule has 5 heteroatoms. The fourth-order valence-electron chi connectivity index (χ4n) is 1.60. The van der Waals surface area contributed by atoms with Gasteiger partial charge in [0.25, 0.3) is 0 Å². The summed E-state index contributed by atoms with van der Waals surface area (Å²) in [7, 11) is 0. The van der Waals surface area contributed by atoms with Crippen LogP contribution in [0.1, 0.15) is 24.6 Å². The van der Waals surface area contributed by atoms with Crippen molar-refractivity contribution in [1.29, 1.82) is 0 Å². The Morgan fingerprint density at radius 1 is 1.38 bits per heavy atom. The summed E-state index contributed by atoms with van der Waals surface area (Å²) in [5, 5.41) is 7.24. The van der Waals surface area contributed by atoms with Gasteiger partial charge >= 0.3 is 0 Å². The fourth-order valence-corrected chi connectivity index (χ4v) is 1.76. The van der Waals surface area contributed by atoms with Crippen LogP contribution in [0.5, 0.6) is 0 Å². The second kappa shape index (κ2) is 3.56. The van der Waals surface area contributed by atoms with Crippen molar-refractivity contribution in [3.05, 3.63) is 34.9 Å². The van der Waals surface area contributed by atoms with E-state index in [1.54, 1.807) is 12.1 Å². The van der Waals surface area contributed by atoms with Gasteiger partial charge in [-0.15, -0.1) is 0 Å². The molecular weight excluding hydrogens is 229 g/mol. The summed E-state index contributed by atoms with van der Waals surface area (Å²) in [4.78, 5) is 4.28. The molecule has 1 saturated carbocycles. The molecule has 1 heterocycles. The molecule has 0 spiro atoms. The molecule has 3 rings (SSSR count). The van der Waals surface area contributed by atoms with Crippen LogP contribution < -0.4 is 0 Å². The first-order chi connectivity index (χ1) is 7.74. The van der Waals surface area contributed by atoms with Gasteiger partial charge in [0.1, 0.15) is 11.6 Å². The second-order valence-corrected chi connectivity index (χ2v) is 4.38. The Hall–Kier alpha value is -1.42. The van der Waals surface area contributed by atoms with Crippen LogP contribution in [-0.2, 0) is 0 Å². The largest absolute Gasteiger partial charge is 0.262 e. The van der Waals surface area contributed by atoms with Gasteiger partial charge in [-0.25, -0.2) is 9.37 Å². The van der Waals surface area contributed by atoms with Gasteiger partial charge in [0.05, 0.1) is 5.56 Å². The summed E-state index contributed by atoms with van der Waals surface area (Å²) in [6, 6.07) is 4.49. The van der Waals surface area contributed by atoms with Gasteiger partial charge in [-0.3, -0.25) is 5.10 Å². The normalized spacial score (nSPS) is 15.4. The van der Waals surface area contributed by atoms with Crippen LogP contribution in [0.25, 0.3) is 11.4 Å². The number of rotatable bonds is 2. The van der Waals surface area contributed by atoms with E-state index < -0.39 is 5.82 Å². The number of nitrogens with zero attached hydrogens (tertiary/aromatic N) is 2. The predicted octanol–water partition coefficient (Wildman–Crippen LogP) is 3.14. The molecule has 16 heavy (non-hydrogen) atoms. The summed E-state index contributed by atoms with van der Waals surface area (Å²) in [5.41, 5.74) is 0.382. The van der Waals surface area contributed by atoms with Crippen LogP contribution in [0.15, 0.2) is 18.2 Å². The van der Waals surface area contributed by atoms with Gasteiger partial charge in [-0.1, -0.05) is 11.6 Å². The molecule has 0 saturated heterocycles. The number of hydrogen-bond donors (Lipinski definition) is 1. The molecule has 3 nitrogen and oxygen atoms in total. The predicted molar refractivity (Wildman–Crippen MR) is 58.8 cm³/mol. The lowest BCUT2D eigenvalue weighted by molar-refractivity contribution is 0.630. The van der Waals surface area contributed by atoms with E-state index in [9.17, 15) is 4.39 Å². The zero-order valence-electron chi connectivity index (χ0n) is 8.37. The molecule has 0 atom stereocenters. The van der Waals surface area contributed by atoms with Crippen LogP contribution in [0.4, 0.5) is 4.39 Å². The van der Waals surface area contributed by atoms with E-state index >= 15 is 0 Å². The van der Waals surface area contributed by atoms with Crippen molar-refractivity contribution in [2.24, 2.45) is 0 Å². The third-order valence-corrected chi connectivity index (χ3v) is 2.87. The van der Waals surface area contributed by atoms with Gasteiger partial charge in [-0.05, 0) is 31.0 Å². The number of halogens is 2. The van der Waals surface area contributed by atoms with E-state index in [1.807, 2.05) is 0 Å². The highest BCUT2D eigenvalue weighted by molar-refractivity contribution is 6.30. The summed E-state index contributed by atoms with van der Waals surface area (Å²) >= 11 is 5.68. The maximum Gasteiger partial charge on any atom is 0.184 e. The molecule has 0 amide bonds. The van der Waals surface area contributed by atoms with Crippen LogP contribution in [0.3, 0.4) is 0 Å². The number of aromatic amines is 1. The van der Waals surface area contributed by atoms with E-state index in [1.165, 1.54) is 6.07 Å². The number of H-pyrrole nitrogens is 1. The number of nitrogens with one attached hydrogen (secondary N) is 1. The summed E-state index contributed by atoms with van der Waals surface area (Å²) in [6.07, 6.45) is 2.27. The maximum atomic E-state index is 13.6. The SMILES string of the molecule is Fc1cc(Cl)ccc1-c1n[nH]c(C2CC2)n1. The molecule has 1 aliphatic rings. The summed E-state index contributed by atoms with van der Waals surface area (Å²) < 4.78 is 13.6. The highest BCUT2D eigenvalue weighted by Crippen LogP contribution is 2.38. The van der Waals surface area contributed by atoms with Crippen molar-refractivity contribution in [3.63, 3.8) is 0 Å². The lowest BCUT2D eigenvalue weighted by Gasteiger charge is -1.97. The summed E-state index contributed by atoms with van der Waals surface area (Å²) in [5.74, 6) is 1.34. The van der Waals surface area contributed by atoms with E-state index in [0.717, 1.165) is 18.7 Å². The molecule has 0 aliphatic heterocycles. The van der Waals surface area contributed by atoms with E-state index in [0.29, 0.717) is 22.3 Å². The first-order valence-corrected chi connectivity index (χ1v) is 5.49.